The van der Waals surface area contributed by atoms with Gasteiger partial charge in [0.05, 0.1) is 16.7 Å². The molecular formula is C8H2F5IN2. The predicted octanol–water partition coefficient (Wildman–Crippen LogP) is 3.51. The standard InChI is InChI=1S/C8H2F5IN2/c9-6(10)4-5(8(11,12)13)3(1-15)2-16-7(4)14/h2,6H. The average molecular weight is 348 g/mol. The van der Waals surface area contributed by atoms with E-state index in [1.165, 1.54) is 28.7 Å². The molecule has 0 aliphatic heterocycles. The van der Waals surface area contributed by atoms with E-state index < -0.39 is 33.0 Å². The minimum atomic E-state index is -5.00. The molecule has 0 amide bonds. The van der Waals surface area contributed by atoms with E-state index in [1.807, 2.05) is 0 Å². The lowest BCUT2D eigenvalue weighted by molar-refractivity contribution is -0.139. The van der Waals surface area contributed by atoms with Crippen molar-refractivity contribution in [2.75, 3.05) is 0 Å². The van der Waals surface area contributed by atoms with Crippen LogP contribution in [0.4, 0.5) is 22.0 Å². The number of hydrogen-bond acceptors (Lipinski definition) is 2. The van der Waals surface area contributed by atoms with Crippen molar-refractivity contribution in [1.29, 1.82) is 5.26 Å². The van der Waals surface area contributed by atoms with Crippen molar-refractivity contribution in [3.05, 3.63) is 26.6 Å². The summed E-state index contributed by atoms with van der Waals surface area (Å²) in [7, 11) is 0. The van der Waals surface area contributed by atoms with Crippen molar-refractivity contribution in [1.82, 2.24) is 4.98 Å². The highest BCUT2D eigenvalue weighted by molar-refractivity contribution is 14.1. The zero-order valence-electron chi connectivity index (χ0n) is 7.32. The molecule has 0 atom stereocenters. The summed E-state index contributed by atoms with van der Waals surface area (Å²) in [5.41, 5.74) is -3.75. The minimum absolute atomic E-state index is 0.459. The summed E-state index contributed by atoms with van der Waals surface area (Å²) in [6, 6.07) is 1.21. The summed E-state index contributed by atoms with van der Waals surface area (Å²) in [4.78, 5) is 3.33. The molecular weight excluding hydrogens is 346 g/mol. The summed E-state index contributed by atoms with van der Waals surface area (Å²) >= 11 is 1.27. The van der Waals surface area contributed by atoms with Crippen LogP contribution in [-0.4, -0.2) is 4.98 Å². The molecule has 0 unspecified atom stereocenters. The van der Waals surface area contributed by atoms with Crippen molar-refractivity contribution < 1.29 is 22.0 Å². The number of rotatable bonds is 1. The Kier molecular flexibility index (Phi) is 3.67. The second-order valence-electron chi connectivity index (χ2n) is 2.66. The Bertz CT molecular complexity index is 449. The number of alkyl halides is 5. The van der Waals surface area contributed by atoms with Crippen LogP contribution in [0.25, 0.3) is 0 Å². The first-order valence-electron chi connectivity index (χ1n) is 3.73. The van der Waals surface area contributed by atoms with Crippen LogP contribution in [0.2, 0.25) is 0 Å². The summed E-state index contributed by atoms with van der Waals surface area (Å²) in [6.07, 6.45) is -7.69. The highest BCUT2D eigenvalue weighted by Gasteiger charge is 2.40. The molecule has 86 valence electrons. The van der Waals surface area contributed by atoms with Crippen molar-refractivity contribution in [3.63, 3.8) is 0 Å². The number of halogens is 6. The molecule has 1 aromatic rings. The Labute approximate surface area is 100 Å². The predicted molar refractivity (Wildman–Crippen MR) is 51.6 cm³/mol. The quantitative estimate of drug-likeness (QED) is 0.443. The Morgan fingerprint density at radius 1 is 1.38 bits per heavy atom. The molecule has 16 heavy (non-hydrogen) atoms. The fourth-order valence-electron chi connectivity index (χ4n) is 1.09. The van der Waals surface area contributed by atoms with E-state index in [4.69, 9.17) is 5.26 Å². The fourth-order valence-corrected chi connectivity index (χ4v) is 1.74. The zero-order chi connectivity index (χ0) is 12.5. The molecule has 0 N–H and O–H groups in total. The molecule has 0 aliphatic carbocycles. The maximum atomic E-state index is 12.5. The minimum Gasteiger partial charge on any atom is -0.248 e. The average Bonchev–Trinajstić information content (AvgIpc) is 2.15. The first-order valence-corrected chi connectivity index (χ1v) is 4.80. The lowest BCUT2D eigenvalue weighted by atomic mass is 10.1. The molecule has 0 saturated heterocycles. The Balaban J connectivity index is 3.64. The lowest BCUT2D eigenvalue weighted by Gasteiger charge is -2.14. The first kappa shape index (κ1) is 13.1. The SMILES string of the molecule is N#Cc1cnc(I)c(C(F)F)c1C(F)(F)F. The third-order valence-electron chi connectivity index (χ3n) is 1.69. The smallest absolute Gasteiger partial charge is 0.248 e. The Morgan fingerprint density at radius 3 is 2.31 bits per heavy atom. The van der Waals surface area contributed by atoms with Gasteiger partial charge in [-0.25, -0.2) is 13.8 Å². The van der Waals surface area contributed by atoms with Crippen LogP contribution in [0.1, 0.15) is 23.1 Å². The van der Waals surface area contributed by atoms with Crippen LogP contribution in [0.3, 0.4) is 0 Å². The molecule has 0 radical (unpaired) electrons. The number of hydrogen-bond donors (Lipinski definition) is 0. The molecule has 0 fully saturated rings. The Hall–Kier alpha value is -0.980. The van der Waals surface area contributed by atoms with Crippen molar-refractivity contribution in [3.8, 4) is 6.07 Å². The molecule has 1 aromatic heterocycles. The van der Waals surface area contributed by atoms with E-state index >= 15 is 0 Å². The van der Waals surface area contributed by atoms with Gasteiger partial charge in [0.25, 0.3) is 6.43 Å². The highest BCUT2D eigenvalue weighted by Crippen LogP contribution is 2.39. The van der Waals surface area contributed by atoms with Crippen molar-refractivity contribution >= 4 is 22.6 Å². The largest absolute Gasteiger partial charge is 0.418 e. The van der Waals surface area contributed by atoms with Gasteiger partial charge in [0.2, 0.25) is 0 Å². The highest BCUT2D eigenvalue weighted by atomic mass is 127. The summed E-state index contributed by atoms with van der Waals surface area (Å²) in [5, 5.41) is 8.44. The summed E-state index contributed by atoms with van der Waals surface area (Å²) < 4.78 is 62.1. The number of aromatic nitrogens is 1. The van der Waals surface area contributed by atoms with Gasteiger partial charge in [-0.2, -0.15) is 18.4 Å². The van der Waals surface area contributed by atoms with Gasteiger partial charge >= 0.3 is 6.18 Å². The van der Waals surface area contributed by atoms with Crippen molar-refractivity contribution in [2.45, 2.75) is 12.6 Å². The monoisotopic (exact) mass is 348 g/mol. The molecule has 0 aliphatic rings. The van der Waals surface area contributed by atoms with Gasteiger partial charge in [0, 0.05) is 6.20 Å². The molecule has 1 rings (SSSR count). The summed E-state index contributed by atoms with van der Waals surface area (Å²) in [5.74, 6) is 0. The van der Waals surface area contributed by atoms with Gasteiger partial charge in [-0.15, -0.1) is 0 Å². The van der Waals surface area contributed by atoms with Crippen LogP contribution in [-0.2, 0) is 6.18 Å². The maximum Gasteiger partial charge on any atom is 0.418 e. The van der Waals surface area contributed by atoms with Crippen LogP contribution in [0.5, 0.6) is 0 Å². The Morgan fingerprint density at radius 2 is 1.94 bits per heavy atom. The van der Waals surface area contributed by atoms with Gasteiger partial charge in [0.15, 0.2) is 0 Å². The second kappa shape index (κ2) is 4.48. The van der Waals surface area contributed by atoms with Crippen LogP contribution >= 0.6 is 22.6 Å². The van der Waals surface area contributed by atoms with Crippen LogP contribution in [0.15, 0.2) is 6.20 Å². The maximum absolute atomic E-state index is 12.5. The van der Waals surface area contributed by atoms with Crippen LogP contribution < -0.4 is 0 Å². The van der Waals surface area contributed by atoms with E-state index in [0.717, 1.165) is 0 Å². The molecule has 0 aromatic carbocycles. The zero-order valence-corrected chi connectivity index (χ0v) is 9.47. The third-order valence-corrected chi connectivity index (χ3v) is 2.55. The van der Waals surface area contributed by atoms with E-state index in [1.54, 1.807) is 0 Å². The molecule has 8 heteroatoms. The van der Waals surface area contributed by atoms with E-state index in [2.05, 4.69) is 4.98 Å². The topological polar surface area (TPSA) is 36.7 Å². The third kappa shape index (κ3) is 2.40. The molecule has 0 spiro atoms. The van der Waals surface area contributed by atoms with Crippen LogP contribution in [0, 0.1) is 15.0 Å². The molecule has 0 saturated carbocycles. The number of pyridine rings is 1. The molecule has 1 heterocycles. The number of nitrogens with zero attached hydrogens (tertiary/aromatic N) is 2. The van der Waals surface area contributed by atoms with Gasteiger partial charge < -0.3 is 0 Å². The van der Waals surface area contributed by atoms with Gasteiger partial charge in [-0.1, -0.05) is 0 Å². The van der Waals surface area contributed by atoms with Gasteiger partial charge in [-0.3, -0.25) is 0 Å². The lowest BCUT2D eigenvalue weighted by Crippen LogP contribution is -2.14. The van der Waals surface area contributed by atoms with E-state index in [0.29, 0.717) is 6.20 Å². The van der Waals surface area contributed by atoms with Gasteiger partial charge in [-0.05, 0) is 22.6 Å². The van der Waals surface area contributed by atoms with Crippen molar-refractivity contribution in [2.24, 2.45) is 0 Å². The normalized spacial score (nSPS) is 11.6. The molecule has 0 bridgehead atoms. The van der Waals surface area contributed by atoms with Gasteiger partial charge in [0.1, 0.15) is 9.77 Å². The molecule has 2 nitrogen and oxygen atoms in total. The second-order valence-corrected chi connectivity index (χ2v) is 3.68. The summed E-state index contributed by atoms with van der Waals surface area (Å²) in [6.45, 7) is 0. The first-order chi connectivity index (χ1) is 7.29. The van der Waals surface area contributed by atoms with E-state index in [9.17, 15) is 22.0 Å². The number of nitriles is 1. The van der Waals surface area contributed by atoms with E-state index in [-0.39, 0.29) is 0 Å². The fraction of sp³-hybridized carbons (Fsp3) is 0.250.